The van der Waals surface area contributed by atoms with Gasteiger partial charge in [-0.1, -0.05) is 25.4 Å². The number of benzene rings is 1. The lowest BCUT2D eigenvalue weighted by Gasteiger charge is -2.38. The maximum Gasteiger partial charge on any atom is 0.122 e. The third-order valence-electron chi connectivity index (χ3n) is 3.72. The van der Waals surface area contributed by atoms with Crippen molar-refractivity contribution in [2.75, 3.05) is 18.0 Å². The second kappa shape index (κ2) is 4.81. The van der Waals surface area contributed by atoms with Gasteiger partial charge >= 0.3 is 0 Å². The van der Waals surface area contributed by atoms with Crippen LogP contribution < -0.4 is 10.6 Å². The van der Waals surface area contributed by atoms with Crippen LogP contribution in [0.5, 0.6) is 0 Å². The number of halogens is 1. The van der Waals surface area contributed by atoms with Crippen molar-refractivity contribution in [1.82, 2.24) is 0 Å². The second-order valence-corrected chi connectivity index (χ2v) is 6.14. The molecule has 0 bridgehead atoms. The van der Waals surface area contributed by atoms with Crippen molar-refractivity contribution in [2.45, 2.75) is 26.7 Å². The monoisotopic (exact) mass is 265 g/mol. The lowest BCUT2D eigenvalue weighted by Crippen LogP contribution is -2.37. The summed E-state index contributed by atoms with van der Waals surface area (Å²) in [5.74, 6) is 0.0585. The summed E-state index contributed by atoms with van der Waals surface area (Å²) in [6.07, 6.45) is 2.36. The van der Waals surface area contributed by atoms with Crippen LogP contribution in [0.15, 0.2) is 18.2 Å². The maximum absolute atomic E-state index is 7.40. The van der Waals surface area contributed by atoms with E-state index in [2.05, 4.69) is 18.7 Å². The number of anilines is 1. The Hall–Kier alpha value is -1.22. The standard InChI is InChI=1S/C14H20ClN3/c1-14(2)5-7-18(8-6-14)12-4-3-10(13(16)17)9-11(12)15/h3-4,9H,5-8H2,1-2H3,(H3,16,17). The van der Waals surface area contributed by atoms with E-state index in [-0.39, 0.29) is 5.84 Å². The first kappa shape index (κ1) is 13.2. The molecule has 4 heteroatoms. The van der Waals surface area contributed by atoms with Crippen LogP contribution in [0.3, 0.4) is 0 Å². The highest BCUT2D eigenvalue weighted by atomic mass is 35.5. The van der Waals surface area contributed by atoms with E-state index in [0.29, 0.717) is 16.0 Å². The van der Waals surface area contributed by atoms with Crippen LogP contribution in [0.1, 0.15) is 32.3 Å². The lowest BCUT2D eigenvalue weighted by atomic mass is 9.82. The van der Waals surface area contributed by atoms with Crippen molar-refractivity contribution in [3.05, 3.63) is 28.8 Å². The van der Waals surface area contributed by atoms with E-state index in [1.165, 1.54) is 12.8 Å². The summed E-state index contributed by atoms with van der Waals surface area (Å²) in [5.41, 5.74) is 7.63. The van der Waals surface area contributed by atoms with Crippen LogP contribution in [-0.2, 0) is 0 Å². The Bertz CT molecular complexity index is 458. The highest BCUT2D eigenvalue weighted by molar-refractivity contribution is 6.33. The highest BCUT2D eigenvalue weighted by Gasteiger charge is 2.26. The Balaban J connectivity index is 2.17. The number of nitrogen functional groups attached to an aromatic ring is 1. The van der Waals surface area contributed by atoms with Crippen molar-refractivity contribution in [3.63, 3.8) is 0 Å². The molecular weight excluding hydrogens is 246 g/mol. The largest absolute Gasteiger partial charge is 0.384 e. The summed E-state index contributed by atoms with van der Waals surface area (Å²) in [7, 11) is 0. The first-order valence-electron chi connectivity index (χ1n) is 6.28. The van der Waals surface area contributed by atoms with Gasteiger partial charge in [0.15, 0.2) is 0 Å². The molecule has 0 radical (unpaired) electrons. The molecule has 3 N–H and O–H groups in total. The second-order valence-electron chi connectivity index (χ2n) is 5.73. The molecule has 1 aliphatic heterocycles. The van der Waals surface area contributed by atoms with Crippen LogP contribution in [-0.4, -0.2) is 18.9 Å². The van der Waals surface area contributed by atoms with Crippen molar-refractivity contribution in [1.29, 1.82) is 5.41 Å². The summed E-state index contributed by atoms with van der Waals surface area (Å²) in [4.78, 5) is 2.32. The third kappa shape index (κ3) is 2.78. The van der Waals surface area contributed by atoms with E-state index in [0.717, 1.165) is 18.8 Å². The number of piperidine rings is 1. The molecule has 0 atom stereocenters. The quantitative estimate of drug-likeness (QED) is 0.637. The number of nitrogens with zero attached hydrogens (tertiary/aromatic N) is 1. The molecule has 0 aromatic heterocycles. The molecule has 1 aliphatic rings. The van der Waals surface area contributed by atoms with Crippen LogP contribution in [0.4, 0.5) is 5.69 Å². The minimum Gasteiger partial charge on any atom is -0.384 e. The zero-order chi connectivity index (χ0) is 13.3. The molecule has 1 aromatic carbocycles. The van der Waals surface area contributed by atoms with Gasteiger partial charge in [-0.05, 0) is 36.5 Å². The van der Waals surface area contributed by atoms with E-state index < -0.39 is 0 Å². The zero-order valence-electron chi connectivity index (χ0n) is 11.0. The van der Waals surface area contributed by atoms with Gasteiger partial charge in [-0.2, -0.15) is 0 Å². The molecule has 2 rings (SSSR count). The molecule has 0 unspecified atom stereocenters. The maximum atomic E-state index is 7.40. The van der Waals surface area contributed by atoms with Gasteiger partial charge in [0.25, 0.3) is 0 Å². The number of amidine groups is 1. The molecule has 0 saturated carbocycles. The van der Waals surface area contributed by atoms with E-state index >= 15 is 0 Å². The summed E-state index contributed by atoms with van der Waals surface area (Å²) >= 11 is 6.28. The van der Waals surface area contributed by atoms with E-state index in [1.54, 1.807) is 6.07 Å². The first-order chi connectivity index (χ1) is 8.39. The number of nitrogens with one attached hydrogen (secondary N) is 1. The van der Waals surface area contributed by atoms with Crippen LogP contribution in [0.25, 0.3) is 0 Å². The minimum atomic E-state index is 0.0585. The lowest BCUT2D eigenvalue weighted by molar-refractivity contribution is 0.280. The number of rotatable bonds is 2. The van der Waals surface area contributed by atoms with Gasteiger partial charge in [0.2, 0.25) is 0 Å². The number of hydrogen-bond acceptors (Lipinski definition) is 2. The van der Waals surface area contributed by atoms with Crippen molar-refractivity contribution < 1.29 is 0 Å². The molecule has 0 amide bonds. The average molecular weight is 266 g/mol. The summed E-state index contributed by atoms with van der Waals surface area (Å²) < 4.78 is 0. The van der Waals surface area contributed by atoms with Gasteiger partial charge in [-0.3, -0.25) is 5.41 Å². The third-order valence-corrected chi connectivity index (χ3v) is 4.02. The molecule has 0 aliphatic carbocycles. The van der Waals surface area contributed by atoms with E-state index in [4.69, 9.17) is 22.7 Å². The van der Waals surface area contributed by atoms with Crippen molar-refractivity contribution in [3.8, 4) is 0 Å². The van der Waals surface area contributed by atoms with Crippen LogP contribution in [0.2, 0.25) is 5.02 Å². The smallest absolute Gasteiger partial charge is 0.122 e. The molecule has 0 spiro atoms. The van der Waals surface area contributed by atoms with Gasteiger partial charge in [-0.15, -0.1) is 0 Å². The van der Waals surface area contributed by atoms with Gasteiger partial charge in [0.1, 0.15) is 5.84 Å². The predicted octanol–water partition coefficient (Wildman–Crippen LogP) is 3.25. The summed E-state index contributed by atoms with van der Waals surface area (Å²) in [6, 6.07) is 5.61. The van der Waals surface area contributed by atoms with Gasteiger partial charge in [-0.25, -0.2) is 0 Å². The fourth-order valence-corrected chi connectivity index (χ4v) is 2.58. The van der Waals surface area contributed by atoms with E-state index in [9.17, 15) is 0 Å². The molecular formula is C14H20ClN3. The Kier molecular flexibility index (Phi) is 3.53. The average Bonchev–Trinajstić information content (AvgIpc) is 2.29. The van der Waals surface area contributed by atoms with Crippen molar-refractivity contribution >= 4 is 23.1 Å². The van der Waals surface area contributed by atoms with Crippen LogP contribution >= 0.6 is 11.6 Å². The molecule has 3 nitrogen and oxygen atoms in total. The fraction of sp³-hybridized carbons (Fsp3) is 0.500. The molecule has 1 fully saturated rings. The minimum absolute atomic E-state index is 0.0585. The molecule has 1 aromatic rings. The summed E-state index contributed by atoms with van der Waals surface area (Å²) in [6.45, 7) is 6.69. The number of nitrogens with two attached hydrogens (primary N) is 1. The molecule has 98 valence electrons. The Morgan fingerprint density at radius 2 is 1.94 bits per heavy atom. The summed E-state index contributed by atoms with van der Waals surface area (Å²) in [5, 5.41) is 8.09. The van der Waals surface area contributed by atoms with Crippen molar-refractivity contribution in [2.24, 2.45) is 11.1 Å². The highest BCUT2D eigenvalue weighted by Crippen LogP contribution is 2.35. The van der Waals surface area contributed by atoms with E-state index in [1.807, 2.05) is 12.1 Å². The SMILES string of the molecule is CC1(C)CCN(c2ccc(C(=N)N)cc2Cl)CC1. The fourth-order valence-electron chi connectivity index (χ4n) is 2.28. The first-order valence-corrected chi connectivity index (χ1v) is 6.66. The van der Waals surface area contributed by atoms with Crippen LogP contribution in [0, 0.1) is 10.8 Å². The topological polar surface area (TPSA) is 53.1 Å². The molecule has 18 heavy (non-hydrogen) atoms. The molecule has 1 heterocycles. The number of hydrogen-bond donors (Lipinski definition) is 2. The van der Waals surface area contributed by atoms with Gasteiger partial charge in [0.05, 0.1) is 10.7 Å². The van der Waals surface area contributed by atoms with Gasteiger partial charge < -0.3 is 10.6 Å². The Morgan fingerprint density at radius 3 is 2.44 bits per heavy atom. The normalized spacial score (nSPS) is 18.7. The predicted molar refractivity (Wildman–Crippen MR) is 77.7 cm³/mol. The molecule has 1 saturated heterocycles. The Labute approximate surface area is 113 Å². The zero-order valence-corrected chi connectivity index (χ0v) is 11.7. The van der Waals surface area contributed by atoms with Gasteiger partial charge in [0, 0.05) is 18.7 Å². The Morgan fingerprint density at radius 1 is 1.33 bits per heavy atom.